The first-order chi connectivity index (χ1) is 18.3. The zero-order chi connectivity index (χ0) is 26.7. The van der Waals surface area contributed by atoms with E-state index >= 15 is 0 Å². The van der Waals surface area contributed by atoms with Crippen molar-refractivity contribution < 1.29 is 17.7 Å². The molecule has 3 heterocycles. The molecule has 0 saturated carbocycles. The summed E-state index contributed by atoms with van der Waals surface area (Å²) in [4.78, 5) is 22.2. The van der Waals surface area contributed by atoms with Gasteiger partial charge in [0.25, 0.3) is 0 Å². The topological polar surface area (TPSA) is 112 Å². The summed E-state index contributed by atoms with van der Waals surface area (Å²) in [7, 11) is -1.65. The molecule has 1 aromatic heterocycles. The van der Waals surface area contributed by atoms with Crippen LogP contribution in [-0.2, 0) is 21.4 Å². The molecule has 2 aliphatic heterocycles. The molecule has 2 fully saturated rings. The third-order valence-electron chi connectivity index (χ3n) is 7.27. The zero-order valence-electron chi connectivity index (χ0n) is 21.8. The molecule has 3 aromatic rings. The number of carbonyl (C=O) groups is 1. The monoisotopic (exact) mass is 538 g/mol. The van der Waals surface area contributed by atoms with E-state index in [1.165, 1.54) is 4.31 Å². The Morgan fingerprint density at radius 1 is 1.08 bits per heavy atom. The zero-order valence-corrected chi connectivity index (χ0v) is 22.7. The summed E-state index contributed by atoms with van der Waals surface area (Å²) in [6, 6.07) is 14.8. The van der Waals surface area contributed by atoms with E-state index in [1.807, 2.05) is 37.4 Å². The fraction of sp³-hybridized carbons (Fsp3) is 0.444. The van der Waals surface area contributed by atoms with E-state index in [0.29, 0.717) is 62.2 Å². The third-order valence-corrected chi connectivity index (χ3v) is 9.31. The number of piperazine rings is 1. The molecule has 0 aliphatic carbocycles. The summed E-state index contributed by atoms with van der Waals surface area (Å²) in [5.41, 5.74) is 2.06. The van der Waals surface area contributed by atoms with Crippen molar-refractivity contribution in [3.63, 3.8) is 0 Å². The van der Waals surface area contributed by atoms with Gasteiger partial charge < -0.3 is 14.7 Å². The van der Waals surface area contributed by atoms with Gasteiger partial charge in [0, 0.05) is 44.0 Å². The van der Waals surface area contributed by atoms with Crippen molar-refractivity contribution in [3.05, 3.63) is 60.0 Å². The first-order valence-electron chi connectivity index (χ1n) is 13.0. The highest BCUT2D eigenvalue weighted by molar-refractivity contribution is 7.89. The summed E-state index contributed by atoms with van der Waals surface area (Å²) in [6.07, 6.45) is 1.63. The molecule has 1 N–H and O–H groups in total. The number of hydrogen-bond donors (Lipinski definition) is 1. The Morgan fingerprint density at radius 3 is 2.61 bits per heavy atom. The molecule has 0 spiro atoms. The maximum Gasteiger partial charge on any atom is 0.243 e. The number of likely N-dealkylation sites (N-methyl/N-ethyl adjacent to an activating group) is 1. The fourth-order valence-corrected chi connectivity index (χ4v) is 6.67. The summed E-state index contributed by atoms with van der Waals surface area (Å²) in [5.74, 6) is 0.729. The normalized spacial score (nSPS) is 19.9. The Balaban J connectivity index is 1.22. The number of anilines is 1. The molecule has 1 atom stereocenters. The lowest BCUT2D eigenvalue weighted by molar-refractivity contribution is -0.121. The number of likely N-dealkylation sites (tertiary alicyclic amines) is 1. The van der Waals surface area contributed by atoms with E-state index in [4.69, 9.17) is 4.52 Å². The van der Waals surface area contributed by atoms with Gasteiger partial charge in [-0.2, -0.15) is 9.29 Å². The van der Waals surface area contributed by atoms with Gasteiger partial charge in [-0.15, -0.1) is 0 Å². The summed E-state index contributed by atoms with van der Waals surface area (Å²) in [5, 5.41) is 7.05. The van der Waals surface area contributed by atoms with Gasteiger partial charge in [-0.3, -0.25) is 9.69 Å². The van der Waals surface area contributed by atoms with Gasteiger partial charge in [0.2, 0.25) is 27.6 Å². The van der Waals surface area contributed by atoms with Crippen LogP contribution in [0.1, 0.15) is 24.3 Å². The SMILES string of the molecule is Cc1ccc(NC(=O)C2CCCN(Cc3nc(-c4ccccc4)no3)C2)cc1S(=O)(=O)N1CCN(C)CC1. The van der Waals surface area contributed by atoms with E-state index in [0.717, 1.165) is 24.9 Å². The summed E-state index contributed by atoms with van der Waals surface area (Å²) < 4.78 is 33.6. The van der Waals surface area contributed by atoms with Gasteiger partial charge >= 0.3 is 0 Å². The third kappa shape index (κ3) is 5.96. The number of nitrogens with one attached hydrogen (secondary N) is 1. The van der Waals surface area contributed by atoms with Gasteiger partial charge in [0.1, 0.15) is 0 Å². The molecule has 1 unspecified atom stereocenters. The van der Waals surface area contributed by atoms with Gasteiger partial charge in [-0.1, -0.05) is 41.6 Å². The number of rotatable bonds is 7. The van der Waals surface area contributed by atoms with Gasteiger partial charge in [0.15, 0.2) is 0 Å². The largest absolute Gasteiger partial charge is 0.338 e. The van der Waals surface area contributed by atoms with Crippen LogP contribution in [0.4, 0.5) is 5.69 Å². The van der Waals surface area contributed by atoms with Crippen LogP contribution in [0, 0.1) is 12.8 Å². The van der Waals surface area contributed by atoms with E-state index in [2.05, 4.69) is 25.3 Å². The van der Waals surface area contributed by atoms with Crippen LogP contribution in [-0.4, -0.2) is 84.9 Å². The van der Waals surface area contributed by atoms with Crippen molar-refractivity contribution in [2.45, 2.75) is 31.2 Å². The number of nitrogens with zero attached hydrogens (tertiary/aromatic N) is 5. The van der Waals surface area contributed by atoms with E-state index < -0.39 is 10.0 Å². The lowest BCUT2D eigenvalue weighted by Gasteiger charge is -2.32. The quantitative estimate of drug-likeness (QED) is 0.489. The average molecular weight is 539 g/mol. The number of hydrogen-bond acceptors (Lipinski definition) is 8. The van der Waals surface area contributed by atoms with Gasteiger partial charge in [-0.05, 0) is 51.1 Å². The van der Waals surface area contributed by atoms with E-state index in [1.54, 1.807) is 25.1 Å². The van der Waals surface area contributed by atoms with Crippen molar-refractivity contribution in [3.8, 4) is 11.4 Å². The first-order valence-corrected chi connectivity index (χ1v) is 14.4. The fourth-order valence-electron chi connectivity index (χ4n) is 5.00. The average Bonchev–Trinajstić information content (AvgIpc) is 3.39. The van der Waals surface area contributed by atoms with Gasteiger partial charge in [-0.25, -0.2) is 8.42 Å². The number of aromatic nitrogens is 2. The second kappa shape index (κ2) is 11.3. The minimum absolute atomic E-state index is 0.114. The standard InChI is InChI=1S/C27H34N6O4S/c1-20-10-11-23(17-24(20)38(35,36)33-15-13-31(2)14-16-33)28-27(34)22-9-6-12-32(18-22)19-25-29-26(30-37-25)21-7-4-3-5-8-21/h3-5,7-8,10-11,17,22H,6,9,12-16,18-19H2,1-2H3,(H,28,34). The molecule has 0 bridgehead atoms. The number of carbonyl (C=O) groups excluding carboxylic acids is 1. The molecule has 5 rings (SSSR count). The summed E-state index contributed by atoms with van der Waals surface area (Å²) >= 11 is 0. The highest BCUT2D eigenvalue weighted by atomic mass is 32.2. The van der Waals surface area contributed by atoms with Crippen molar-refractivity contribution in [1.29, 1.82) is 0 Å². The maximum atomic E-state index is 13.3. The van der Waals surface area contributed by atoms with Crippen molar-refractivity contribution in [2.24, 2.45) is 5.92 Å². The number of amides is 1. The Kier molecular flexibility index (Phi) is 7.89. The Morgan fingerprint density at radius 2 is 1.84 bits per heavy atom. The second-order valence-electron chi connectivity index (χ2n) is 10.1. The Hall–Kier alpha value is -3.12. The first kappa shape index (κ1) is 26.5. The molecule has 2 saturated heterocycles. The maximum absolute atomic E-state index is 13.3. The lowest BCUT2D eigenvalue weighted by atomic mass is 9.97. The molecular formula is C27H34N6O4S. The molecular weight excluding hydrogens is 504 g/mol. The molecule has 1 amide bonds. The van der Waals surface area contributed by atoms with Crippen LogP contribution >= 0.6 is 0 Å². The number of piperidine rings is 1. The molecule has 11 heteroatoms. The Bertz CT molecular complexity index is 1370. The smallest absolute Gasteiger partial charge is 0.243 e. The predicted octanol–water partition coefficient (Wildman–Crippen LogP) is 2.83. The molecule has 202 valence electrons. The molecule has 10 nitrogen and oxygen atoms in total. The highest BCUT2D eigenvalue weighted by Gasteiger charge is 2.30. The van der Waals surface area contributed by atoms with Crippen LogP contribution in [0.5, 0.6) is 0 Å². The van der Waals surface area contributed by atoms with E-state index in [-0.39, 0.29) is 16.7 Å². The predicted molar refractivity (Wildman–Crippen MR) is 144 cm³/mol. The molecule has 2 aromatic carbocycles. The molecule has 0 radical (unpaired) electrons. The highest BCUT2D eigenvalue weighted by Crippen LogP contribution is 2.26. The van der Waals surface area contributed by atoms with Crippen LogP contribution in [0.25, 0.3) is 11.4 Å². The van der Waals surface area contributed by atoms with E-state index in [9.17, 15) is 13.2 Å². The minimum atomic E-state index is -3.64. The Labute approximate surface area is 223 Å². The molecule has 38 heavy (non-hydrogen) atoms. The van der Waals surface area contributed by atoms with Crippen LogP contribution in [0.2, 0.25) is 0 Å². The second-order valence-corrected chi connectivity index (χ2v) is 12.0. The van der Waals surface area contributed by atoms with Crippen molar-refractivity contribution >= 4 is 21.6 Å². The van der Waals surface area contributed by atoms with Crippen molar-refractivity contribution in [1.82, 2.24) is 24.2 Å². The van der Waals surface area contributed by atoms with Crippen molar-refractivity contribution in [2.75, 3.05) is 51.6 Å². The number of benzene rings is 2. The number of aryl methyl sites for hydroxylation is 1. The van der Waals surface area contributed by atoms with Crippen LogP contribution < -0.4 is 5.32 Å². The number of sulfonamides is 1. The lowest BCUT2D eigenvalue weighted by Crippen LogP contribution is -2.47. The van der Waals surface area contributed by atoms with Crippen LogP contribution in [0.15, 0.2) is 57.9 Å². The molecule has 2 aliphatic rings. The summed E-state index contributed by atoms with van der Waals surface area (Å²) in [6.45, 7) is 5.97. The van der Waals surface area contributed by atoms with Crippen LogP contribution in [0.3, 0.4) is 0 Å². The minimum Gasteiger partial charge on any atom is -0.338 e. The van der Waals surface area contributed by atoms with Gasteiger partial charge in [0.05, 0.1) is 17.4 Å².